The van der Waals surface area contributed by atoms with Crippen molar-refractivity contribution < 1.29 is 0 Å². The third-order valence-corrected chi connectivity index (χ3v) is 4.96. The second-order valence-electron chi connectivity index (χ2n) is 7.23. The molecule has 0 amide bonds. The Bertz CT molecular complexity index is 336. The molecule has 1 aliphatic heterocycles. The van der Waals surface area contributed by atoms with Gasteiger partial charge in [0.15, 0.2) is 0 Å². The van der Waals surface area contributed by atoms with E-state index in [1.807, 2.05) is 0 Å². The Morgan fingerprint density at radius 2 is 1.65 bits per heavy atom. The van der Waals surface area contributed by atoms with E-state index in [9.17, 15) is 0 Å². The fourth-order valence-electron chi connectivity index (χ4n) is 3.31. The molecule has 0 bridgehead atoms. The molecule has 20 heavy (non-hydrogen) atoms. The highest BCUT2D eigenvalue weighted by molar-refractivity contribution is 5.01. The molecule has 1 heterocycles. The summed E-state index contributed by atoms with van der Waals surface area (Å²) in [6, 6.07) is 0.894. The standard InChI is InChI=1S/C18H32N2/c1-15(2)7-5-6-8-19-9-11-20(12-10-19)18-13-17(14-18)16(3)4/h15-18H,6,8-14H2,1-4H3. The van der Waals surface area contributed by atoms with Gasteiger partial charge < -0.3 is 0 Å². The molecule has 2 nitrogen and oxygen atoms in total. The summed E-state index contributed by atoms with van der Waals surface area (Å²) in [5.41, 5.74) is 0. The maximum Gasteiger partial charge on any atom is 0.0217 e. The molecular formula is C18H32N2. The van der Waals surface area contributed by atoms with Gasteiger partial charge in [0, 0.05) is 51.1 Å². The van der Waals surface area contributed by atoms with Crippen molar-refractivity contribution in [2.24, 2.45) is 17.8 Å². The summed E-state index contributed by atoms with van der Waals surface area (Å²) >= 11 is 0. The number of nitrogens with zero attached hydrogens (tertiary/aromatic N) is 2. The van der Waals surface area contributed by atoms with E-state index in [4.69, 9.17) is 0 Å². The van der Waals surface area contributed by atoms with E-state index < -0.39 is 0 Å². The predicted molar refractivity (Wildman–Crippen MR) is 86.6 cm³/mol. The van der Waals surface area contributed by atoms with Crippen LogP contribution in [0.1, 0.15) is 47.0 Å². The van der Waals surface area contributed by atoms with E-state index >= 15 is 0 Å². The normalized spacial score (nSPS) is 28.3. The minimum atomic E-state index is 0.513. The van der Waals surface area contributed by atoms with Crippen LogP contribution in [-0.2, 0) is 0 Å². The minimum Gasteiger partial charge on any atom is -0.300 e. The first-order valence-electron chi connectivity index (χ1n) is 8.51. The van der Waals surface area contributed by atoms with Gasteiger partial charge in [0.2, 0.25) is 0 Å². The lowest BCUT2D eigenvalue weighted by molar-refractivity contribution is 0.0199. The SMILES string of the molecule is CC(C)C#CCCN1CCN(C2CC(C(C)C)C2)CC1. The largest absolute Gasteiger partial charge is 0.300 e. The molecule has 1 saturated carbocycles. The zero-order valence-electron chi connectivity index (χ0n) is 13.9. The van der Waals surface area contributed by atoms with Crippen LogP contribution in [0, 0.1) is 29.6 Å². The lowest BCUT2D eigenvalue weighted by Gasteiger charge is -2.47. The van der Waals surface area contributed by atoms with Gasteiger partial charge in [-0.25, -0.2) is 0 Å². The van der Waals surface area contributed by atoms with Crippen LogP contribution >= 0.6 is 0 Å². The van der Waals surface area contributed by atoms with Crippen LogP contribution in [0.4, 0.5) is 0 Å². The monoisotopic (exact) mass is 276 g/mol. The van der Waals surface area contributed by atoms with Crippen molar-refractivity contribution in [3.8, 4) is 11.8 Å². The Kier molecular flexibility index (Phi) is 5.93. The van der Waals surface area contributed by atoms with Gasteiger partial charge in [-0.1, -0.05) is 27.7 Å². The van der Waals surface area contributed by atoms with Crippen molar-refractivity contribution in [2.45, 2.75) is 53.0 Å². The van der Waals surface area contributed by atoms with Crippen LogP contribution < -0.4 is 0 Å². The molecule has 0 spiro atoms. The van der Waals surface area contributed by atoms with Crippen LogP contribution in [0.25, 0.3) is 0 Å². The van der Waals surface area contributed by atoms with Crippen molar-refractivity contribution in [3.63, 3.8) is 0 Å². The Labute approximate surface area is 125 Å². The lowest BCUT2D eigenvalue weighted by atomic mass is 9.73. The number of hydrogen-bond acceptors (Lipinski definition) is 2. The molecule has 0 radical (unpaired) electrons. The van der Waals surface area contributed by atoms with Crippen molar-refractivity contribution in [3.05, 3.63) is 0 Å². The highest BCUT2D eigenvalue weighted by atomic mass is 15.3. The topological polar surface area (TPSA) is 6.48 Å². The van der Waals surface area contributed by atoms with Crippen LogP contribution in [-0.4, -0.2) is 48.6 Å². The van der Waals surface area contributed by atoms with E-state index in [0.29, 0.717) is 5.92 Å². The zero-order valence-corrected chi connectivity index (χ0v) is 13.9. The maximum absolute atomic E-state index is 3.30. The van der Waals surface area contributed by atoms with Gasteiger partial charge in [0.1, 0.15) is 0 Å². The van der Waals surface area contributed by atoms with Crippen LogP contribution in [0.3, 0.4) is 0 Å². The second-order valence-corrected chi connectivity index (χ2v) is 7.23. The molecule has 0 unspecified atom stereocenters. The summed E-state index contributed by atoms with van der Waals surface area (Å²) in [5.74, 6) is 8.95. The Balaban J connectivity index is 1.60. The van der Waals surface area contributed by atoms with Gasteiger partial charge in [0.25, 0.3) is 0 Å². The van der Waals surface area contributed by atoms with E-state index in [1.54, 1.807) is 0 Å². The average Bonchev–Trinajstić information content (AvgIpc) is 2.34. The summed E-state index contributed by atoms with van der Waals surface area (Å²) < 4.78 is 0. The van der Waals surface area contributed by atoms with E-state index in [2.05, 4.69) is 49.3 Å². The minimum absolute atomic E-state index is 0.513. The zero-order chi connectivity index (χ0) is 14.5. The quantitative estimate of drug-likeness (QED) is 0.728. The fraction of sp³-hybridized carbons (Fsp3) is 0.889. The summed E-state index contributed by atoms with van der Waals surface area (Å²) in [6.07, 6.45) is 3.92. The van der Waals surface area contributed by atoms with Crippen molar-refractivity contribution in [2.75, 3.05) is 32.7 Å². The van der Waals surface area contributed by atoms with E-state index in [1.165, 1.54) is 39.0 Å². The number of hydrogen-bond donors (Lipinski definition) is 0. The van der Waals surface area contributed by atoms with Crippen molar-refractivity contribution in [1.82, 2.24) is 9.80 Å². The van der Waals surface area contributed by atoms with Gasteiger partial charge in [-0.3, -0.25) is 9.80 Å². The molecule has 0 aromatic heterocycles. The first-order valence-corrected chi connectivity index (χ1v) is 8.51. The third kappa shape index (κ3) is 4.50. The van der Waals surface area contributed by atoms with Gasteiger partial charge in [-0.2, -0.15) is 0 Å². The second kappa shape index (κ2) is 7.48. The van der Waals surface area contributed by atoms with Gasteiger partial charge in [-0.15, -0.1) is 11.8 Å². The fourth-order valence-corrected chi connectivity index (χ4v) is 3.31. The smallest absolute Gasteiger partial charge is 0.0217 e. The molecule has 2 fully saturated rings. The first-order chi connectivity index (χ1) is 9.56. The predicted octanol–water partition coefficient (Wildman–Crippen LogP) is 3.09. The molecule has 0 aromatic rings. The molecule has 0 aromatic carbocycles. The molecular weight excluding hydrogens is 244 g/mol. The Morgan fingerprint density at radius 1 is 1.00 bits per heavy atom. The molecule has 1 saturated heterocycles. The molecule has 114 valence electrons. The third-order valence-electron chi connectivity index (χ3n) is 4.96. The molecule has 2 aliphatic rings. The molecule has 2 heteroatoms. The number of rotatable bonds is 4. The summed E-state index contributed by atoms with van der Waals surface area (Å²) in [6.45, 7) is 15.3. The summed E-state index contributed by atoms with van der Waals surface area (Å²) in [4.78, 5) is 5.32. The highest BCUT2D eigenvalue weighted by Crippen LogP contribution is 2.37. The van der Waals surface area contributed by atoms with Crippen LogP contribution in [0.15, 0.2) is 0 Å². The summed E-state index contributed by atoms with van der Waals surface area (Å²) in [7, 11) is 0. The lowest BCUT2D eigenvalue weighted by Crippen LogP contribution is -2.54. The Morgan fingerprint density at radius 3 is 2.20 bits per heavy atom. The average molecular weight is 276 g/mol. The van der Waals surface area contributed by atoms with Crippen LogP contribution in [0.5, 0.6) is 0 Å². The summed E-state index contributed by atoms with van der Waals surface area (Å²) in [5, 5.41) is 0. The maximum atomic E-state index is 3.30. The van der Waals surface area contributed by atoms with Gasteiger partial charge in [0.05, 0.1) is 0 Å². The van der Waals surface area contributed by atoms with Crippen LogP contribution in [0.2, 0.25) is 0 Å². The molecule has 0 atom stereocenters. The first kappa shape index (κ1) is 15.9. The van der Waals surface area contributed by atoms with Crippen molar-refractivity contribution >= 4 is 0 Å². The van der Waals surface area contributed by atoms with Crippen molar-refractivity contribution in [1.29, 1.82) is 0 Å². The highest BCUT2D eigenvalue weighted by Gasteiger charge is 2.35. The van der Waals surface area contributed by atoms with E-state index in [0.717, 1.165) is 30.8 Å². The molecule has 1 aliphatic carbocycles. The molecule has 0 N–H and O–H groups in total. The molecule has 2 rings (SSSR count). The Hall–Kier alpha value is -0.520. The van der Waals surface area contributed by atoms with Gasteiger partial charge >= 0.3 is 0 Å². The van der Waals surface area contributed by atoms with Gasteiger partial charge in [-0.05, 0) is 24.7 Å². The van der Waals surface area contributed by atoms with E-state index in [-0.39, 0.29) is 0 Å². The number of piperazine rings is 1.